The lowest BCUT2D eigenvalue weighted by molar-refractivity contribution is 0.769. The summed E-state index contributed by atoms with van der Waals surface area (Å²) in [6.45, 7) is 7.11. The van der Waals surface area contributed by atoms with E-state index in [9.17, 15) is 0 Å². The van der Waals surface area contributed by atoms with Crippen molar-refractivity contribution in [3.8, 4) is 0 Å². The molecule has 1 N–H and O–H groups in total. The molecule has 0 fully saturated rings. The van der Waals surface area contributed by atoms with Crippen LogP contribution in [0.2, 0.25) is 0 Å². The predicted octanol–water partition coefficient (Wildman–Crippen LogP) is 4.34. The van der Waals surface area contributed by atoms with Gasteiger partial charge in [0.25, 0.3) is 0 Å². The van der Waals surface area contributed by atoms with Gasteiger partial charge in [0.05, 0.1) is 0 Å². The van der Waals surface area contributed by atoms with Gasteiger partial charge in [0, 0.05) is 18.5 Å². The molecule has 5 heteroatoms. The fraction of sp³-hybridized carbons (Fsp3) is 0.385. The molecular formula is C13H16BrN3S. The van der Waals surface area contributed by atoms with E-state index in [1.54, 1.807) is 11.3 Å². The number of halogens is 1. The summed E-state index contributed by atoms with van der Waals surface area (Å²) in [4.78, 5) is 8.88. The van der Waals surface area contributed by atoms with E-state index in [-0.39, 0.29) is 0 Å². The zero-order valence-corrected chi connectivity index (χ0v) is 13.1. The summed E-state index contributed by atoms with van der Waals surface area (Å²) < 4.78 is 0.825. The molecule has 2 heterocycles. The Morgan fingerprint density at radius 3 is 2.72 bits per heavy atom. The van der Waals surface area contributed by atoms with E-state index in [1.165, 1.54) is 11.1 Å². The van der Waals surface area contributed by atoms with Crippen LogP contribution in [0.1, 0.15) is 36.7 Å². The lowest BCUT2D eigenvalue weighted by Gasteiger charge is -2.09. The normalized spacial score (nSPS) is 10.9. The van der Waals surface area contributed by atoms with Crippen LogP contribution >= 0.6 is 27.3 Å². The molecule has 0 spiro atoms. The minimum Gasteiger partial charge on any atom is -0.366 e. The molecular weight excluding hydrogens is 310 g/mol. The minimum absolute atomic E-state index is 0.325. The van der Waals surface area contributed by atoms with Crippen molar-refractivity contribution in [2.45, 2.75) is 33.2 Å². The lowest BCUT2D eigenvalue weighted by Crippen LogP contribution is -2.05. The first-order chi connectivity index (χ1) is 8.56. The fourth-order valence-corrected chi connectivity index (χ4v) is 2.79. The number of anilines is 1. The quantitative estimate of drug-likeness (QED) is 0.849. The second-order valence-electron chi connectivity index (χ2n) is 4.52. The van der Waals surface area contributed by atoms with Crippen molar-refractivity contribution in [2.24, 2.45) is 0 Å². The summed E-state index contributed by atoms with van der Waals surface area (Å²) in [6, 6.07) is 1.91. The van der Waals surface area contributed by atoms with Gasteiger partial charge in [0.2, 0.25) is 0 Å². The first-order valence-electron chi connectivity index (χ1n) is 5.86. The minimum atomic E-state index is 0.325. The highest BCUT2D eigenvalue weighted by atomic mass is 79.9. The topological polar surface area (TPSA) is 37.8 Å². The maximum atomic E-state index is 4.51. The van der Waals surface area contributed by atoms with Crippen LogP contribution in [0, 0.1) is 6.92 Å². The van der Waals surface area contributed by atoms with Gasteiger partial charge in [-0.1, -0.05) is 13.8 Å². The average molecular weight is 326 g/mol. The molecule has 0 aliphatic rings. The molecule has 3 nitrogen and oxygen atoms in total. The maximum Gasteiger partial charge on any atom is 0.134 e. The van der Waals surface area contributed by atoms with Crippen LogP contribution in [0.5, 0.6) is 0 Å². The van der Waals surface area contributed by atoms with Crippen LogP contribution in [0.15, 0.2) is 21.4 Å². The predicted molar refractivity (Wildman–Crippen MR) is 80.2 cm³/mol. The Morgan fingerprint density at radius 1 is 1.33 bits per heavy atom. The Labute approximate surface area is 120 Å². The third-order valence-corrected chi connectivity index (χ3v) is 3.97. The summed E-state index contributed by atoms with van der Waals surface area (Å²) in [5, 5.41) is 7.68. The molecule has 0 atom stereocenters. The Balaban J connectivity index is 2.12. The Hall–Kier alpha value is -0.940. The second-order valence-corrected chi connectivity index (χ2v) is 6.08. The second kappa shape index (κ2) is 5.80. The molecule has 2 rings (SSSR count). The molecule has 96 valence electrons. The van der Waals surface area contributed by atoms with E-state index in [1.807, 2.05) is 6.07 Å². The van der Waals surface area contributed by atoms with E-state index in [0.29, 0.717) is 5.92 Å². The molecule has 0 aromatic carbocycles. The maximum absolute atomic E-state index is 4.51. The Kier molecular flexibility index (Phi) is 4.35. The summed E-state index contributed by atoms with van der Waals surface area (Å²) >= 11 is 5.16. The van der Waals surface area contributed by atoms with E-state index in [0.717, 1.165) is 22.8 Å². The van der Waals surface area contributed by atoms with Crippen molar-refractivity contribution in [1.29, 1.82) is 0 Å². The Morgan fingerprint density at radius 2 is 2.11 bits per heavy atom. The van der Waals surface area contributed by atoms with Crippen LogP contribution in [0.3, 0.4) is 0 Å². The zero-order chi connectivity index (χ0) is 13.1. The molecule has 2 aromatic heterocycles. The van der Waals surface area contributed by atoms with Crippen LogP contribution in [-0.2, 0) is 6.54 Å². The van der Waals surface area contributed by atoms with E-state index in [4.69, 9.17) is 0 Å². The number of nitrogens with one attached hydrogen (secondary N) is 1. The van der Waals surface area contributed by atoms with Gasteiger partial charge in [0.1, 0.15) is 16.2 Å². The van der Waals surface area contributed by atoms with Gasteiger partial charge in [-0.15, -0.1) is 0 Å². The standard InChI is InChI=1S/C13H16BrN3S/c1-8(2)13-16-11(14)4-12(17-13)15-5-10-7-18-6-9(10)3/h4,6-8H,5H2,1-3H3,(H,15,16,17). The van der Waals surface area contributed by atoms with Gasteiger partial charge in [-0.3, -0.25) is 0 Å². The van der Waals surface area contributed by atoms with Crippen molar-refractivity contribution in [1.82, 2.24) is 9.97 Å². The average Bonchev–Trinajstić information content (AvgIpc) is 2.71. The van der Waals surface area contributed by atoms with E-state index < -0.39 is 0 Å². The van der Waals surface area contributed by atoms with Crippen molar-refractivity contribution in [3.05, 3.63) is 38.4 Å². The molecule has 0 saturated heterocycles. The number of aryl methyl sites for hydroxylation is 1. The smallest absolute Gasteiger partial charge is 0.134 e. The van der Waals surface area contributed by atoms with Crippen LogP contribution < -0.4 is 5.32 Å². The highest BCUT2D eigenvalue weighted by Gasteiger charge is 2.07. The van der Waals surface area contributed by atoms with Crippen LogP contribution in [-0.4, -0.2) is 9.97 Å². The SMILES string of the molecule is Cc1cscc1CNc1cc(Br)nc(C(C)C)n1. The molecule has 0 saturated carbocycles. The first kappa shape index (κ1) is 13.5. The molecule has 18 heavy (non-hydrogen) atoms. The molecule has 0 unspecified atom stereocenters. The molecule has 0 amide bonds. The number of nitrogens with zero attached hydrogens (tertiary/aromatic N) is 2. The largest absolute Gasteiger partial charge is 0.366 e. The number of aromatic nitrogens is 2. The van der Waals surface area contributed by atoms with Crippen LogP contribution in [0.4, 0.5) is 5.82 Å². The van der Waals surface area contributed by atoms with Gasteiger partial charge in [-0.05, 0) is 44.7 Å². The molecule has 2 aromatic rings. The van der Waals surface area contributed by atoms with Gasteiger partial charge in [0.15, 0.2) is 0 Å². The van der Waals surface area contributed by atoms with Gasteiger partial charge < -0.3 is 5.32 Å². The van der Waals surface area contributed by atoms with E-state index >= 15 is 0 Å². The lowest BCUT2D eigenvalue weighted by atomic mass is 10.2. The number of thiophene rings is 1. The summed E-state index contributed by atoms with van der Waals surface area (Å²) in [5.74, 6) is 2.05. The van der Waals surface area contributed by atoms with E-state index in [2.05, 4.69) is 62.7 Å². The van der Waals surface area contributed by atoms with Gasteiger partial charge >= 0.3 is 0 Å². The van der Waals surface area contributed by atoms with Crippen molar-refractivity contribution in [3.63, 3.8) is 0 Å². The third-order valence-electron chi connectivity index (χ3n) is 2.65. The summed E-state index contributed by atoms with van der Waals surface area (Å²) in [7, 11) is 0. The molecule has 0 radical (unpaired) electrons. The Bertz CT molecular complexity index is 537. The fourth-order valence-electron chi connectivity index (χ4n) is 1.54. The number of rotatable bonds is 4. The third kappa shape index (κ3) is 3.29. The molecule has 0 aliphatic heterocycles. The summed E-state index contributed by atoms with van der Waals surface area (Å²) in [6.07, 6.45) is 0. The first-order valence-corrected chi connectivity index (χ1v) is 7.60. The number of hydrogen-bond acceptors (Lipinski definition) is 4. The summed E-state index contributed by atoms with van der Waals surface area (Å²) in [5.41, 5.74) is 2.64. The monoisotopic (exact) mass is 325 g/mol. The molecule has 0 aliphatic carbocycles. The van der Waals surface area contributed by atoms with Crippen molar-refractivity contribution >= 4 is 33.1 Å². The number of hydrogen-bond donors (Lipinski definition) is 1. The van der Waals surface area contributed by atoms with Gasteiger partial charge in [-0.2, -0.15) is 11.3 Å². The molecule has 0 bridgehead atoms. The van der Waals surface area contributed by atoms with Crippen molar-refractivity contribution < 1.29 is 0 Å². The van der Waals surface area contributed by atoms with Gasteiger partial charge in [-0.25, -0.2) is 9.97 Å². The van der Waals surface area contributed by atoms with Crippen LogP contribution in [0.25, 0.3) is 0 Å². The highest BCUT2D eigenvalue weighted by Crippen LogP contribution is 2.19. The highest BCUT2D eigenvalue weighted by molar-refractivity contribution is 9.10. The van der Waals surface area contributed by atoms with Crippen molar-refractivity contribution in [2.75, 3.05) is 5.32 Å². The zero-order valence-electron chi connectivity index (χ0n) is 10.7.